The fraction of sp³-hybridized carbons (Fsp3) is 0.814. The molecular weight excluding hydrogens is 773 g/mol. The summed E-state index contributed by atoms with van der Waals surface area (Å²) in [5.74, 6) is -5.62. The molecule has 0 bridgehead atoms. The molecule has 0 aromatic carbocycles. The second kappa shape index (κ2) is 21.5. The molecule has 8 amide bonds. The number of nitrogens with one attached hydrogen (secondary N) is 5. The van der Waals surface area contributed by atoms with Gasteiger partial charge in [-0.15, -0.1) is 0 Å². The molecule has 6 N–H and O–H groups in total. The zero-order chi connectivity index (χ0) is 44.6. The maximum absolute atomic E-state index is 14.4. The lowest BCUT2D eigenvalue weighted by Crippen LogP contribution is -2.63. The Bertz CT molecular complexity index is 1590. The standard InChI is InChI=1S/C43H72N8O9/c1-10-24(6)32-38(55)44-28(22-23(4)5)41(58)51-21-15-18-31(51)42(59)49-19-13-16-29(49)37(54)48-35(27(9)52)43(60)50-20-14-17-30(50)36(53)45-33(25(7)11-2)39(56)47-34(26(8)12-3)40(57)46-32/h23-35,52H,10-22H2,1-9H3,(H,44,55)(H,45,53)(H,46,57)(H,47,56)(H,48,54)/t24-,25-,26-,27?,28-,29+,30+,31?,32+,33-,34+,35-/m1/s1. The van der Waals surface area contributed by atoms with E-state index in [2.05, 4.69) is 26.6 Å². The maximum atomic E-state index is 14.4. The van der Waals surface area contributed by atoms with Crippen molar-refractivity contribution in [3.63, 3.8) is 0 Å². The van der Waals surface area contributed by atoms with Crippen LogP contribution in [0.25, 0.3) is 0 Å². The van der Waals surface area contributed by atoms with Gasteiger partial charge in [0.1, 0.15) is 48.3 Å². The third-order valence-electron chi connectivity index (χ3n) is 13.2. The fourth-order valence-corrected chi connectivity index (χ4v) is 8.90. The smallest absolute Gasteiger partial charge is 0.248 e. The van der Waals surface area contributed by atoms with Crippen molar-refractivity contribution in [1.82, 2.24) is 41.3 Å². The fourth-order valence-electron chi connectivity index (χ4n) is 8.90. The number of rotatable bonds is 9. The molecule has 4 fully saturated rings. The summed E-state index contributed by atoms with van der Waals surface area (Å²) in [5.41, 5.74) is 0. The van der Waals surface area contributed by atoms with Crippen LogP contribution in [0.5, 0.6) is 0 Å². The molecule has 4 rings (SSSR count). The van der Waals surface area contributed by atoms with Crippen molar-refractivity contribution in [2.45, 2.75) is 181 Å². The monoisotopic (exact) mass is 845 g/mol. The summed E-state index contributed by atoms with van der Waals surface area (Å²) in [5, 5.41) is 25.1. The van der Waals surface area contributed by atoms with Crippen molar-refractivity contribution in [2.24, 2.45) is 23.7 Å². The molecule has 4 heterocycles. The Morgan fingerprint density at radius 1 is 0.483 bits per heavy atom. The van der Waals surface area contributed by atoms with E-state index in [0.29, 0.717) is 51.4 Å². The number of aliphatic hydroxyl groups is 1. The van der Waals surface area contributed by atoms with E-state index in [0.717, 1.165) is 0 Å². The molecule has 0 aromatic heterocycles. The van der Waals surface area contributed by atoms with Crippen LogP contribution in [0.1, 0.15) is 127 Å². The van der Waals surface area contributed by atoms with Gasteiger partial charge in [-0.25, -0.2) is 0 Å². The molecule has 2 unspecified atom stereocenters. The molecule has 0 aromatic rings. The largest absolute Gasteiger partial charge is 0.391 e. The number of nitrogens with zero attached hydrogens (tertiary/aromatic N) is 3. The summed E-state index contributed by atoms with van der Waals surface area (Å²) in [4.78, 5) is 118. The normalized spacial score (nSPS) is 31.6. The van der Waals surface area contributed by atoms with Crippen molar-refractivity contribution in [3.8, 4) is 0 Å². The minimum Gasteiger partial charge on any atom is -0.391 e. The van der Waals surface area contributed by atoms with Gasteiger partial charge in [0.05, 0.1) is 6.10 Å². The molecule has 4 aliphatic heterocycles. The number of hydrogen-bond donors (Lipinski definition) is 6. The first-order valence-electron chi connectivity index (χ1n) is 22.5. The average Bonchev–Trinajstić information content (AvgIpc) is 4.02. The van der Waals surface area contributed by atoms with Crippen LogP contribution in [0.15, 0.2) is 0 Å². The first kappa shape index (κ1) is 48.4. The maximum Gasteiger partial charge on any atom is 0.248 e. The van der Waals surface area contributed by atoms with E-state index in [1.165, 1.54) is 21.6 Å². The predicted octanol–water partition coefficient (Wildman–Crippen LogP) is 0.962. The lowest BCUT2D eigenvalue weighted by molar-refractivity contribution is -0.149. The predicted molar refractivity (Wildman–Crippen MR) is 223 cm³/mol. The summed E-state index contributed by atoms with van der Waals surface area (Å²) >= 11 is 0. The van der Waals surface area contributed by atoms with Crippen molar-refractivity contribution < 1.29 is 43.5 Å². The minimum atomic E-state index is -1.43. The van der Waals surface area contributed by atoms with Gasteiger partial charge in [0, 0.05) is 19.6 Å². The molecule has 4 aliphatic rings. The van der Waals surface area contributed by atoms with Crippen LogP contribution in [0.2, 0.25) is 0 Å². The van der Waals surface area contributed by atoms with Crippen LogP contribution < -0.4 is 26.6 Å². The van der Waals surface area contributed by atoms with E-state index < -0.39 is 102 Å². The lowest BCUT2D eigenvalue weighted by atomic mass is 9.93. The Hall–Kier alpha value is -4.28. The molecule has 0 spiro atoms. The van der Waals surface area contributed by atoms with Crippen LogP contribution in [0.4, 0.5) is 0 Å². The molecule has 60 heavy (non-hydrogen) atoms. The van der Waals surface area contributed by atoms with Gasteiger partial charge in [-0.3, -0.25) is 38.4 Å². The third kappa shape index (κ3) is 11.1. The van der Waals surface area contributed by atoms with Crippen LogP contribution in [-0.4, -0.2) is 141 Å². The van der Waals surface area contributed by atoms with Gasteiger partial charge in [-0.1, -0.05) is 74.7 Å². The summed E-state index contributed by atoms with van der Waals surface area (Å²) in [7, 11) is 0. The lowest BCUT2D eigenvalue weighted by Gasteiger charge is -2.35. The third-order valence-corrected chi connectivity index (χ3v) is 13.2. The average molecular weight is 845 g/mol. The quantitative estimate of drug-likeness (QED) is 0.194. The van der Waals surface area contributed by atoms with E-state index in [1.807, 2.05) is 48.5 Å². The Morgan fingerprint density at radius 3 is 1.23 bits per heavy atom. The number of amides is 8. The Kier molecular flexibility index (Phi) is 17.3. The van der Waals surface area contributed by atoms with Crippen molar-refractivity contribution in [3.05, 3.63) is 0 Å². The van der Waals surface area contributed by atoms with Crippen molar-refractivity contribution in [2.75, 3.05) is 19.6 Å². The Morgan fingerprint density at radius 2 is 0.833 bits per heavy atom. The molecule has 17 nitrogen and oxygen atoms in total. The molecule has 12 atom stereocenters. The molecule has 0 aliphatic carbocycles. The highest BCUT2D eigenvalue weighted by atomic mass is 16.3. The molecule has 0 radical (unpaired) electrons. The van der Waals surface area contributed by atoms with Gasteiger partial charge in [-0.2, -0.15) is 0 Å². The first-order chi connectivity index (χ1) is 28.4. The highest BCUT2D eigenvalue weighted by molar-refractivity contribution is 5.99. The SMILES string of the molecule is CC[C@@H](C)[C@@H]1NC(=O)[C@H]([C@H](C)CC)NC(=O)[C@@H]([C@H](C)CC)NC(=O)[C@@H]2CCCN2C(=O)[C@@H](C(C)O)NC(=O)[C@@H]2CCCN2C(=O)C2CCCN2C(=O)[C@@H](CC(C)C)NC1=O. The van der Waals surface area contributed by atoms with Gasteiger partial charge >= 0.3 is 0 Å². The number of fused-ring (bicyclic) bond motifs is 3. The highest BCUT2D eigenvalue weighted by Gasteiger charge is 2.46. The van der Waals surface area contributed by atoms with Gasteiger partial charge in [0.15, 0.2) is 0 Å². The second-order valence-electron chi connectivity index (χ2n) is 18.1. The molecular formula is C43H72N8O9. The second-order valence-corrected chi connectivity index (χ2v) is 18.1. The molecule has 17 heteroatoms. The molecule has 338 valence electrons. The Balaban J connectivity index is 1.79. The highest BCUT2D eigenvalue weighted by Crippen LogP contribution is 2.28. The summed E-state index contributed by atoms with van der Waals surface area (Å²) in [6.45, 7) is 17.0. The van der Waals surface area contributed by atoms with Gasteiger partial charge in [0.2, 0.25) is 47.3 Å². The van der Waals surface area contributed by atoms with E-state index in [9.17, 15) is 43.5 Å². The van der Waals surface area contributed by atoms with E-state index in [1.54, 1.807) is 6.92 Å². The van der Waals surface area contributed by atoms with Crippen LogP contribution in [0, 0.1) is 23.7 Å². The number of aliphatic hydroxyl groups excluding tert-OH is 1. The van der Waals surface area contributed by atoms with Crippen molar-refractivity contribution in [1.29, 1.82) is 0 Å². The van der Waals surface area contributed by atoms with Crippen LogP contribution >= 0.6 is 0 Å². The van der Waals surface area contributed by atoms with E-state index in [4.69, 9.17) is 0 Å². The summed E-state index contributed by atoms with van der Waals surface area (Å²) < 4.78 is 0. The van der Waals surface area contributed by atoms with Gasteiger partial charge in [-0.05, 0) is 75.5 Å². The van der Waals surface area contributed by atoms with E-state index in [-0.39, 0.29) is 56.1 Å². The number of carbonyl (C=O) groups is 8. The molecule has 4 saturated heterocycles. The van der Waals surface area contributed by atoms with Crippen LogP contribution in [-0.2, 0) is 38.4 Å². The van der Waals surface area contributed by atoms with E-state index >= 15 is 0 Å². The zero-order valence-electron chi connectivity index (χ0n) is 37.3. The number of hydrogen-bond acceptors (Lipinski definition) is 9. The zero-order valence-corrected chi connectivity index (χ0v) is 37.3. The summed E-state index contributed by atoms with van der Waals surface area (Å²) in [6, 6.07) is -8.54. The topological polar surface area (TPSA) is 227 Å². The minimum absolute atomic E-state index is 0.0319. The van der Waals surface area contributed by atoms with Crippen molar-refractivity contribution >= 4 is 47.3 Å². The van der Waals surface area contributed by atoms with Gasteiger partial charge in [0.25, 0.3) is 0 Å². The first-order valence-corrected chi connectivity index (χ1v) is 22.5. The number of carbonyl (C=O) groups excluding carboxylic acids is 8. The molecule has 0 saturated carbocycles. The van der Waals surface area contributed by atoms with Gasteiger partial charge < -0.3 is 46.4 Å². The Labute approximate surface area is 355 Å². The summed E-state index contributed by atoms with van der Waals surface area (Å²) in [6.07, 6.45) is 2.85. The van der Waals surface area contributed by atoms with Crippen LogP contribution in [0.3, 0.4) is 0 Å².